The van der Waals surface area contributed by atoms with Crippen molar-refractivity contribution in [2.45, 2.75) is 31.4 Å². The fraction of sp³-hybridized carbons (Fsp3) is 0.381. The van der Waals surface area contributed by atoms with Crippen molar-refractivity contribution in [3.05, 3.63) is 64.0 Å². The Hall–Kier alpha value is -2.91. The molecule has 30 heavy (non-hydrogen) atoms. The zero-order chi connectivity index (χ0) is 20.6. The predicted molar refractivity (Wildman–Crippen MR) is 111 cm³/mol. The smallest absolute Gasteiger partial charge is 0.347 e. The van der Waals surface area contributed by atoms with E-state index in [1.165, 1.54) is 21.2 Å². The van der Waals surface area contributed by atoms with E-state index in [2.05, 4.69) is 21.0 Å². The first-order valence-electron chi connectivity index (χ1n) is 9.97. The van der Waals surface area contributed by atoms with Crippen molar-refractivity contribution < 1.29 is 9.53 Å². The molecular formula is C21H21N5O3S. The van der Waals surface area contributed by atoms with Gasteiger partial charge >= 0.3 is 5.69 Å². The van der Waals surface area contributed by atoms with E-state index in [0.29, 0.717) is 19.7 Å². The SMILES string of the molecule is O=C(Cn1cccnc1=O)N1CCC2(CC1)OCCc1sc(-c3cnccn3)cc12. The molecule has 0 radical (unpaired) electrons. The summed E-state index contributed by atoms with van der Waals surface area (Å²) in [5.74, 6) is -0.0680. The number of hydrogen-bond acceptors (Lipinski definition) is 7. The summed E-state index contributed by atoms with van der Waals surface area (Å²) in [5, 5.41) is 0. The van der Waals surface area contributed by atoms with Gasteiger partial charge in [-0.15, -0.1) is 11.3 Å². The van der Waals surface area contributed by atoms with Gasteiger partial charge in [-0.3, -0.25) is 19.3 Å². The number of aromatic nitrogens is 4. The highest BCUT2D eigenvalue weighted by Gasteiger charge is 2.42. The average Bonchev–Trinajstić information content (AvgIpc) is 3.23. The molecule has 0 unspecified atom stereocenters. The molecule has 0 bridgehead atoms. The van der Waals surface area contributed by atoms with E-state index < -0.39 is 5.69 Å². The molecule has 2 aliphatic rings. The van der Waals surface area contributed by atoms with Crippen LogP contribution in [-0.4, -0.2) is 50.0 Å². The molecule has 5 rings (SSSR count). The van der Waals surface area contributed by atoms with Crippen LogP contribution in [0.4, 0.5) is 0 Å². The van der Waals surface area contributed by atoms with Gasteiger partial charge < -0.3 is 9.64 Å². The van der Waals surface area contributed by atoms with Crippen molar-refractivity contribution in [1.29, 1.82) is 0 Å². The minimum atomic E-state index is -0.408. The molecule has 1 spiro atoms. The van der Waals surface area contributed by atoms with Crippen LogP contribution in [0, 0.1) is 0 Å². The van der Waals surface area contributed by atoms with Gasteiger partial charge in [-0.1, -0.05) is 0 Å². The third-order valence-electron chi connectivity index (χ3n) is 5.84. The second-order valence-electron chi connectivity index (χ2n) is 7.54. The first-order chi connectivity index (χ1) is 14.6. The lowest BCUT2D eigenvalue weighted by Gasteiger charge is -2.44. The van der Waals surface area contributed by atoms with E-state index in [9.17, 15) is 9.59 Å². The zero-order valence-corrected chi connectivity index (χ0v) is 17.2. The highest BCUT2D eigenvalue weighted by molar-refractivity contribution is 7.15. The van der Waals surface area contributed by atoms with Gasteiger partial charge in [0.05, 0.1) is 29.0 Å². The molecule has 0 N–H and O–H groups in total. The fourth-order valence-corrected chi connectivity index (χ4v) is 5.45. The van der Waals surface area contributed by atoms with Crippen LogP contribution in [0.15, 0.2) is 47.9 Å². The third kappa shape index (κ3) is 3.44. The number of fused-ring (bicyclic) bond motifs is 2. The first kappa shape index (κ1) is 19.1. The Labute approximate surface area is 177 Å². The molecule has 1 saturated heterocycles. The topological polar surface area (TPSA) is 90.2 Å². The maximum atomic E-state index is 12.7. The number of piperidine rings is 1. The van der Waals surface area contributed by atoms with E-state index in [4.69, 9.17) is 4.74 Å². The van der Waals surface area contributed by atoms with Crippen molar-refractivity contribution in [3.8, 4) is 10.6 Å². The Kier molecular flexibility index (Phi) is 4.92. The van der Waals surface area contributed by atoms with Crippen molar-refractivity contribution in [2.75, 3.05) is 19.7 Å². The van der Waals surface area contributed by atoms with E-state index in [1.807, 2.05) is 4.90 Å². The number of likely N-dealkylation sites (tertiary alicyclic amines) is 1. The van der Waals surface area contributed by atoms with Gasteiger partial charge in [-0.25, -0.2) is 9.78 Å². The summed E-state index contributed by atoms with van der Waals surface area (Å²) in [4.78, 5) is 41.1. The average molecular weight is 423 g/mol. The van der Waals surface area contributed by atoms with Crippen LogP contribution >= 0.6 is 11.3 Å². The Bertz CT molecular complexity index is 1120. The highest BCUT2D eigenvalue weighted by Crippen LogP contribution is 2.46. The lowest BCUT2D eigenvalue weighted by molar-refractivity contribution is -0.141. The monoisotopic (exact) mass is 423 g/mol. The van der Waals surface area contributed by atoms with Gasteiger partial charge in [0.25, 0.3) is 0 Å². The fourth-order valence-electron chi connectivity index (χ4n) is 4.25. The summed E-state index contributed by atoms with van der Waals surface area (Å²) in [7, 11) is 0. The molecule has 3 aromatic heterocycles. The quantitative estimate of drug-likeness (QED) is 0.639. The molecule has 0 aliphatic carbocycles. The van der Waals surface area contributed by atoms with Crippen molar-refractivity contribution in [3.63, 3.8) is 0 Å². The second kappa shape index (κ2) is 7.73. The second-order valence-corrected chi connectivity index (χ2v) is 8.68. The molecule has 8 nitrogen and oxygen atoms in total. The molecule has 5 heterocycles. The summed E-state index contributed by atoms with van der Waals surface area (Å²) in [6.45, 7) is 1.90. The Balaban J connectivity index is 1.33. The van der Waals surface area contributed by atoms with Gasteiger partial charge in [0.1, 0.15) is 6.54 Å². The Morgan fingerprint density at radius 3 is 2.83 bits per heavy atom. The van der Waals surface area contributed by atoms with Crippen LogP contribution in [0.1, 0.15) is 23.3 Å². The maximum Gasteiger partial charge on any atom is 0.347 e. The number of thiophene rings is 1. The molecule has 2 aliphatic heterocycles. The lowest BCUT2D eigenvalue weighted by Crippen LogP contribution is -2.49. The maximum absolute atomic E-state index is 12.7. The lowest BCUT2D eigenvalue weighted by atomic mass is 9.82. The van der Waals surface area contributed by atoms with E-state index in [-0.39, 0.29) is 18.1 Å². The van der Waals surface area contributed by atoms with Crippen LogP contribution in [0.25, 0.3) is 10.6 Å². The van der Waals surface area contributed by atoms with Crippen LogP contribution in [0.2, 0.25) is 0 Å². The summed E-state index contributed by atoms with van der Waals surface area (Å²) in [5.41, 5.74) is 1.35. The molecule has 1 amide bonds. The van der Waals surface area contributed by atoms with Crippen molar-refractivity contribution >= 4 is 17.2 Å². The molecular weight excluding hydrogens is 402 g/mol. The number of amides is 1. The Morgan fingerprint density at radius 2 is 2.07 bits per heavy atom. The van der Waals surface area contributed by atoms with Crippen molar-refractivity contribution in [1.82, 2.24) is 24.4 Å². The normalized spacial score (nSPS) is 17.7. The number of rotatable bonds is 3. The minimum Gasteiger partial charge on any atom is -0.370 e. The van der Waals surface area contributed by atoms with Gasteiger partial charge in [0.15, 0.2) is 0 Å². The number of nitrogens with zero attached hydrogens (tertiary/aromatic N) is 5. The first-order valence-corrected chi connectivity index (χ1v) is 10.8. The van der Waals surface area contributed by atoms with Gasteiger partial charge in [0.2, 0.25) is 5.91 Å². The standard InChI is InChI=1S/C21H21N5O3S/c27-19(14-26-8-1-5-24-20(26)28)25-9-3-21(4-10-25)15-12-18(16-13-22-6-7-23-16)30-17(15)2-11-29-21/h1,5-8,12-13H,2-4,9-11,14H2. The van der Waals surface area contributed by atoms with Crippen LogP contribution in [0.5, 0.6) is 0 Å². The summed E-state index contributed by atoms with van der Waals surface area (Å²) in [6, 6.07) is 3.85. The van der Waals surface area contributed by atoms with Crippen LogP contribution < -0.4 is 5.69 Å². The number of ether oxygens (including phenoxy) is 1. The zero-order valence-electron chi connectivity index (χ0n) is 16.4. The number of hydrogen-bond donors (Lipinski definition) is 0. The molecule has 3 aromatic rings. The van der Waals surface area contributed by atoms with Crippen LogP contribution in [-0.2, 0) is 28.1 Å². The summed E-state index contributed by atoms with van der Waals surface area (Å²) < 4.78 is 7.66. The molecule has 154 valence electrons. The van der Waals surface area contributed by atoms with Crippen molar-refractivity contribution in [2.24, 2.45) is 0 Å². The molecule has 0 aromatic carbocycles. The molecule has 9 heteroatoms. The van der Waals surface area contributed by atoms with E-state index in [1.54, 1.807) is 42.2 Å². The number of carbonyl (C=O) groups excluding carboxylic acids is 1. The van der Waals surface area contributed by atoms with Gasteiger partial charge in [-0.05, 0) is 30.5 Å². The Morgan fingerprint density at radius 1 is 1.20 bits per heavy atom. The number of carbonyl (C=O) groups is 1. The molecule has 0 atom stereocenters. The summed E-state index contributed by atoms with van der Waals surface area (Å²) >= 11 is 1.76. The third-order valence-corrected chi connectivity index (χ3v) is 7.05. The molecule has 0 saturated carbocycles. The molecule has 1 fully saturated rings. The largest absolute Gasteiger partial charge is 0.370 e. The van der Waals surface area contributed by atoms with Gasteiger partial charge in [0, 0.05) is 49.2 Å². The van der Waals surface area contributed by atoms with Crippen LogP contribution in [0.3, 0.4) is 0 Å². The van der Waals surface area contributed by atoms with E-state index in [0.717, 1.165) is 29.8 Å². The van der Waals surface area contributed by atoms with E-state index >= 15 is 0 Å². The van der Waals surface area contributed by atoms with Gasteiger partial charge in [-0.2, -0.15) is 0 Å². The highest BCUT2D eigenvalue weighted by atomic mass is 32.1. The summed E-state index contributed by atoms with van der Waals surface area (Å²) in [6.07, 6.45) is 10.6. The predicted octanol–water partition coefficient (Wildman–Crippen LogP) is 1.85. The minimum absolute atomic E-state index is 0.0149.